The molecular formula is C20H26N2O3. The maximum absolute atomic E-state index is 11.9. The quantitative estimate of drug-likeness (QED) is 0.613. The zero-order chi connectivity index (χ0) is 18.1. The Hall–Kier alpha value is -2.53. The lowest BCUT2D eigenvalue weighted by Crippen LogP contribution is -2.34. The van der Waals surface area contributed by atoms with Crippen LogP contribution in [0.2, 0.25) is 0 Å². The fourth-order valence-electron chi connectivity index (χ4n) is 2.30. The molecule has 0 aliphatic carbocycles. The number of nitrogens with one attached hydrogen (secondary N) is 2. The first kappa shape index (κ1) is 18.8. The Morgan fingerprint density at radius 2 is 1.88 bits per heavy atom. The number of aliphatic hydroxyl groups excluding tert-OH is 1. The Morgan fingerprint density at radius 3 is 2.56 bits per heavy atom. The van der Waals surface area contributed by atoms with Gasteiger partial charge in [0.05, 0.1) is 13.2 Å². The van der Waals surface area contributed by atoms with Crippen LogP contribution in [0.5, 0.6) is 5.75 Å². The van der Waals surface area contributed by atoms with Crippen molar-refractivity contribution in [1.29, 1.82) is 0 Å². The average molecular weight is 342 g/mol. The standard InChI is InChI=1S/C20H26N2O3/c1-15-6-3-4-7-19(15)25-13-5-12-21-18-10-8-17(9-11-18)20(24)22-16(2)14-23/h3-4,6-11,16,21,23H,5,12-14H2,1-2H3,(H,22,24). The summed E-state index contributed by atoms with van der Waals surface area (Å²) < 4.78 is 5.76. The molecule has 0 saturated heterocycles. The first-order valence-electron chi connectivity index (χ1n) is 8.54. The zero-order valence-electron chi connectivity index (χ0n) is 14.8. The van der Waals surface area contributed by atoms with Gasteiger partial charge in [0.15, 0.2) is 0 Å². The third-order valence-electron chi connectivity index (χ3n) is 3.80. The van der Waals surface area contributed by atoms with E-state index in [1.54, 1.807) is 19.1 Å². The molecule has 0 radical (unpaired) electrons. The lowest BCUT2D eigenvalue weighted by atomic mass is 10.2. The highest BCUT2D eigenvalue weighted by atomic mass is 16.5. The van der Waals surface area contributed by atoms with Crippen molar-refractivity contribution in [2.45, 2.75) is 26.3 Å². The molecule has 0 fully saturated rings. The highest BCUT2D eigenvalue weighted by Crippen LogP contribution is 2.16. The van der Waals surface area contributed by atoms with Crippen molar-refractivity contribution in [2.75, 3.05) is 25.1 Å². The van der Waals surface area contributed by atoms with Crippen LogP contribution in [0.25, 0.3) is 0 Å². The second-order valence-corrected chi connectivity index (χ2v) is 6.03. The fourth-order valence-corrected chi connectivity index (χ4v) is 2.30. The van der Waals surface area contributed by atoms with Crippen molar-refractivity contribution in [1.82, 2.24) is 5.32 Å². The van der Waals surface area contributed by atoms with Gasteiger partial charge in [-0.3, -0.25) is 4.79 Å². The number of anilines is 1. The van der Waals surface area contributed by atoms with Gasteiger partial charge in [0, 0.05) is 23.8 Å². The summed E-state index contributed by atoms with van der Waals surface area (Å²) in [6.07, 6.45) is 0.880. The fraction of sp³-hybridized carbons (Fsp3) is 0.350. The minimum atomic E-state index is -0.251. The zero-order valence-corrected chi connectivity index (χ0v) is 14.8. The maximum Gasteiger partial charge on any atom is 0.251 e. The van der Waals surface area contributed by atoms with Crippen molar-refractivity contribution in [3.63, 3.8) is 0 Å². The number of aryl methyl sites for hydroxylation is 1. The van der Waals surface area contributed by atoms with E-state index in [9.17, 15) is 4.79 Å². The molecule has 0 aliphatic heterocycles. The Morgan fingerprint density at radius 1 is 1.16 bits per heavy atom. The summed E-state index contributed by atoms with van der Waals surface area (Å²) >= 11 is 0. The van der Waals surface area contributed by atoms with E-state index < -0.39 is 0 Å². The van der Waals surface area contributed by atoms with Crippen molar-refractivity contribution in [3.05, 3.63) is 59.7 Å². The minimum Gasteiger partial charge on any atom is -0.493 e. The summed E-state index contributed by atoms with van der Waals surface area (Å²) in [5, 5.41) is 15.0. The van der Waals surface area contributed by atoms with E-state index in [4.69, 9.17) is 9.84 Å². The average Bonchev–Trinajstić information content (AvgIpc) is 2.63. The van der Waals surface area contributed by atoms with Crippen LogP contribution in [0.1, 0.15) is 29.3 Å². The lowest BCUT2D eigenvalue weighted by molar-refractivity contribution is 0.0922. The van der Waals surface area contributed by atoms with Crippen molar-refractivity contribution < 1.29 is 14.6 Å². The number of ether oxygens (including phenoxy) is 1. The van der Waals surface area contributed by atoms with Gasteiger partial charge in [-0.25, -0.2) is 0 Å². The summed E-state index contributed by atoms with van der Waals surface area (Å²) in [7, 11) is 0. The molecule has 1 amide bonds. The lowest BCUT2D eigenvalue weighted by Gasteiger charge is -2.12. The van der Waals surface area contributed by atoms with Gasteiger partial charge in [-0.2, -0.15) is 0 Å². The predicted molar refractivity (Wildman–Crippen MR) is 100 cm³/mol. The summed E-state index contributed by atoms with van der Waals surface area (Å²) in [5.74, 6) is 0.745. The summed E-state index contributed by atoms with van der Waals surface area (Å²) in [5.41, 5.74) is 2.68. The number of para-hydroxylation sites is 1. The number of hydrogen-bond donors (Lipinski definition) is 3. The molecule has 0 heterocycles. The van der Waals surface area contributed by atoms with Gasteiger partial charge in [-0.1, -0.05) is 18.2 Å². The third kappa shape index (κ3) is 6.12. The number of rotatable bonds is 9. The van der Waals surface area contributed by atoms with E-state index in [0.717, 1.165) is 30.0 Å². The molecular weight excluding hydrogens is 316 g/mol. The van der Waals surface area contributed by atoms with E-state index in [0.29, 0.717) is 12.2 Å². The molecule has 0 aliphatic rings. The van der Waals surface area contributed by atoms with Gasteiger partial charge in [0.25, 0.3) is 5.91 Å². The maximum atomic E-state index is 11.9. The monoisotopic (exact) mass is 342 g/mol. The molecule has 0 saturated carbocycles. The van der Waals surface area contributed by atoms with E-state index in [-0.39, 0.29) is 18.6 Å². The molecule has 3 N–H and O–H groups in total. The molecule has 2 rings (SSSR count). The number of amides is 1. The van der Waals surface area contributed by atoms with Gasteiger partial charge >= 0.3 is 0 Å². The Kier molecular flexibility index (Phi) is 7.29. The summed E-state index contributed by atoms with van der Waals surface area (Å²) in [6.45, 7) is 5.16. The first-order valence-corrected chi connectivity index (χ1v) is 8.54. The third-order valence-corrected chi connectivity index (χ3v) is 3.80. The Labute approximate surface area is 149 Å². The summed E-state index contributed by atoms with van der Waals surface area (Å²) in [6, 6.07) is 15.0. The molecule has 0 spiro atoms. The van der Waals surface area contributed by atoms with Crippen molar-refractivity contribution >= 4 is 11.6 Å². The largest absolute Gasteiger partial charge is 0.493 e. The van der Waals surface area contributed by atoms with Crippen LogP contribution in [-0.2, 0) is 0 Å². The normalized spacial score (nSPS) is 11.6. The van der Waals surface area contributed by atoms with Gasteiger partial charge in [-0.15, -0.1) is 0 Å². The van der Waals surface area contributed by atoms with Crippen LogP contribution >= 0.6 is 0 Å². The molecule has 0 aromatic heterocycles. The van der Waals surface area contributed by atoms with E-state index >= 15 is 0 Å². The second kappa shape index (κ2) is 9.69. The van der Waals surface area contributed by atoms with Gasteiger partial charge in [-0.05, 0) is 56.2 Å². The minimum absolute atomic E-state index is 0.0735. The van der Waals surface area contributed by atoms with Crippen LogP contribution in [-0.4, -0.2) is 36.8 Å². The number of carbonyl (C=O) groups is 1. The van der Waals surface area contributed by atoms with Crippen molar-refractivity contribution in [2.24, 2.45) is 0 Å². The Balaban J connectivity index is 1.71. The number of carbonyl (C=O) groups excluding carboxylic acids is 1. The van der Waals surface area contributed by atoms with Crippen molar-refractivity contribution in [3.8, 4) is 5.75 Å². The highest BCUT2D eigenvalue weighted by molar-refractivity contribution is 5.94. The second-order valence-electron chi connectivity index (χ2n) is 6.03. The molecule has 0 bridgehead atoms. The van der Waals surface area contributed by atoms with E-state index in [1.165, 1.54) is 0 Å². The van der Waals surface area contributed by atoms with Crippen LogP contribution in [0.15, 0.2) is 48.5 Å². The topological polar surface area (TPSA) is 70.6 Å². The van der Waals surface area contributed by atoms with Gasteiger partial charge in [0.1, 0.15) is 5.75 Å². The Bertz CT molecular complexity index is 671. The molecule has 2 aromatic carbocycles. The van der Waals surface area contributed by atoms with E-state index in [2.05, 4.69) is 10.6 Å². The van der Waals surface area contributed by atoms with Crippen LogP contribution < -0.4 is 15.4 Å². The molecule has 1 atom stereocenters. The molecule has 134 valence electrons. The van der Waals surface area contributed by atoms with Gasteiger partial charge in [0.2, 0.25) is 0 Å². The SMILES string of the molecule is Cc1ccccc1OCCCNc1ccc(C(=O)NC(C)CO)cc1. The number of benzene rings is 2. The van der Waals surface area contributed by atoms with Crippen LogP contribution in [0.4, 0.5) is 5.69 Å². The van der Waals surface area contributed by atoms with Gasteiger partial charge < -0.3 is 20.5 Å². The number of aliphatic hydroxyl groups is 1. The highest BCUT2D eigenvalue weighted by Gasteiger charge is 2.08. The number of hydrogen-bond acceptors (Lipinski definition) is 4. The molecule has 1 unspecified atom stereocenters. The predicted octanol–water partition coefficient (Wildman–Crippen LogP) is 2.99. The smallest absolute Gasteiger partial charge is 0.251 e. The van der Waals surface area contributed by atoms with E-state index in [1.807, 2.05) is 43.3 Å². The molecule has 5 heteroatoms. The molecule has 25 heavy (non-hydrogen) atoms. The molecule has 2 aromatic rings. The first-order chi connectivity index (χ1) is 12.1. The van der Waals surface area contributed by atoms with Crippen LogP contribution in [0.3, 0.4) is 0 Å². The van der Waals surface area contributed by atoms with Crippen LogP contribution in [0, 0.1) is 6.92 Å². The summed E-state index contributed by atoms with van der Waals surface area (Å²) in [4.78, 5) is 11.9. The molecule has 5 nitrogen and oxygen atoms in total.